The molecule has 1 fully saturated rings. The lowest BCUT2D eigenvalue weighted by molar-refractivity contribution is 0.196. The first kappa shape index (κ1) is 8.06. The molecule has 0 unspecified atom stereocenters. The molecule has 0 N–H and O–H groups in total. The summed E-state index contributed by atoms with van der Waals surface area (Å²) >= 11 is 0. The minimum atomic E-state index is 0.750. The molecule has 1 saturated heterocycles. The van der Waals surface area contributed by atoms with Gasteiger partial charge in [0.2, 0.25) is 0 Å². The van der Waals surface area contributed by atoms with Crippen LogP contribution in [-0.2, 0) is 0 Å². The summed E-state index contributed by atoms with van der Waals surface area (Å²) in [4.78, 5) is 2.64. The van der Waals surface area contributed by atoms with Crippen LogP contribution in [0.3, 0.4) is 0 Å². The Morgan fingerprint density at radius 2 is 2.50 bits per heavy atom. The van der Waals surface area contributed by atoms with Gasteiger partial charge in [-0.15, -0.1) is 6.58 Å². The topological polar surface area (TPSA) is 3.24 Å². The average Bonchev–Trinajstić information content (AvgIpc) is 2.53. The summed E-state index contributed by atoms with van der Waals surface area (Å²) in [5, 5.41) is 0. The van der Waals surface area contributed by atoms with E-state index in [0.29, 0.717) is 0 Å². The maximum atomic E-state index is 3.82. The van der Waals surface area contributed by atoms with Crippen LogP contribution in [0.25, 0.3) is 0 Å². The van der Waals surface area contributed by atoms with Crippen molar-refractivity contribution in [3.05, 3.63) is 24.8 Å². The number of hydrogen-bond donors (Lipinski definition) is 0. The van der Waals surface area contributed by atoms with Crippen molar-refractivity contribution in [3.8, 4) is 0 Å². The van der Waals surface area contributed by atoms with Crippen molar-refractivity contribution < 1.29 is 0 Å². The highest BCUT2D eigenvalue weighted by Gasteiger charge is 2.29. The Kier molecular flexibility index (Phi) is 2.31. The molecule has 2 aliphatic heterocycles. The smallest absolute Gasteiger partial charge is 0.0281 e. The molecule has 0 radical (unpaired) electrons. The molecule has 66 valence electrons. The number of hydrogen-bond acceptors (Lipinski definition) is 1. The fraction of sp³-hybridized carbons (Fsp3) is 0.636. The summed E-state index contributed by atoms with van der Waals surface area (Å²) in [5.74, 6) is 0. The zero-order valence-corrected chi connectivity index (χ0v) is 7.58. The molecule has 0 aromatic carbocycles. The second-order valence-corrected chi connectivity index (χ2v) is 3.79. The lowest BCUT2D eigenvalue weighted by atomic mass is 10.0. The maximum Gasteiger partial charge on any atom is 0.0281 e. The quantitative estimate of drug-likeness (QED) is 0.565. The standard InChI is InChI=1S/C11H17N/c1-2-5-10-6-3-7-11-8-4-9-12(10)11/h2-3,7,10-11H,1,4-6,8-9H2/t10-,11+/m0/s1. The number of nitrogens with zero attached hydrogens (tertiary/aromatic N) is 1. The van der Waals surface area contributed by atoms with Gasteiger partial charge in [-0.05, 0) is 32.2 Å². The summed E-state index contributed by atoms with van der Waals surface area (Å²) in [6.45, 7) is 5.12. The van der Waals surface area contributed by atoms with Crippen LogP contribution in [0.15, 0.2) is 24.8 Å². The Bertz CT molecular complexity index is 195. The van der Waals surface area contributed by atoms with Crippen LogP contribution in [-0.4, -0.2) is 23.5 Å². The van der Waals surface area contributed by atoms with E-state index in [-0.39, 0.29) is 0 Å². The zero-order chi connectivity index (χ0) is 8.39. The van der Waals surface area contributed by atoms with Crippen LogP contribution in [0.4, 0.5) is 0 Å². The van der Waals surface area contributed by atoms with E-state index in [4.69, 9.17) is 0 Å². The molecule has 1 heteroatoms. The van der Waals surface area contributed by atoms with Crippen LogP contribution in [0.5, 0.6) is 0 Å². The Labute approximate surface area is 74.8 Å². The molecule has 12 heavy (non-hydrogen) atoms. The fourth-order valence-corrected chi connectivity index (χ4v) is 2.43. The van der Waals surface area contributed by atoms with Crippen LogP contribution in [0.1, 0.15) is 25.7 Å². The normalized spacial score (nSPS) is 35.0. The van der Waals surface area contributed by atoms with E-state index in [2.05, 4.69) is 29.7 Å². The van der Waals surface area contributed by atoms with Gasteiger partial charge in [0.05, 0.1) is 0 Å². The average molecular weight is 163 g/mol. The predicted molar refractivity (Wildman–Crippen MR) is 52.1 cm³/mol. The molecule has 0 aromatic rings. The third-order valence-corrected chi connectivity index (χ3v) is 3.02. The molecule has 0 amide bonds. The molecule has 2 atom stereocenters. The molecular weight excluding hydrogens is 146 g/mol. The van der Waals surface area contributed by atoms with E-state index >= 15 is 0 Å². The lowest BCUT2D eigenvalue weighted by Crippen LogP contribution is -2.39. The van der Waals surface area contributed by atoms with Gasteiger partial charge in [0.1, 0.15) is 0 Å². The Hall–Kier alpha value is -0.560. The van der Waals surface area contributed by atoms with Gasteiger partial charge < -0.3 is 0 Å². The summed E-state index contributed by atoms with van der Waals surface area (Å²) in [5.41, 5.74) is 0. The highest BCUT2D eigenvalue weighted by molar-refractivity contribution is 5.06. The minimum Gasteiger partial charge on any atom is -0.293 e. The van der Waals surface area contributed by atoms with Crippen molar-refractivity contribution in [3.63, 3.8) is 0 Å². The molecule has 2 rings (SSSR count). The summed E-state index contributed by atoms with van der Waals surface area (Å²) in [6, 6.07) is 1.50. The predicted octanol–water partition coefficient (Wildman–Crippen LogP) is 2.36. The van der Waals surface area contributed by atoms with Gasteiger partial charge in [-0.2, -0.15) is 0 Å². The van der Waals surface area contributed by atoms with Crippen molar-refractivity contribution >= 4 is 0 Å². The van der Waals surface area contributed by atoms with Gasteiger partial charge >= 0.3 is 0 Å². The number of fused-ring (bicyclic) bond motifs is 1. The minimum absolute atomic E-state index is 0.750. The summed E-state index contributed by atoms with van der Waals surface area (Å²) < 4.78 is 0. The van der Waals surface area contributed by atoms with E-state index in [0.717, 1.165) is 18.5 Å². The molecule has 2 heterocycles. The molecule has 1 nitrogen and oxygen atoms in total. The first-order valence-electron chi connectivity index (χ1n) is 4.95. The van der Waals surface area contributed by atoms with Gasteiger partial charge in [-0.25, -0.2) is 0 Å². The van der Waals surface area contributed by atoms with Gasteiger partial charge in [0.15, 0.2) is 0 Å². The van der Waals surface area contributed by atoms with Crippen LogP contribution >= 0.6 is 0 Å². The zero-order valence-electron chi connectivity index (χ0n) is 7.58. The third-order valence-electron chi connectivity index (χ3n) is 3.02. The molecule has 0 saturated carbocycles. The van der Waals surface area contributed by atoms with Crippen molar-refractivity contribution in [1.82, 2.24) is 4.90 Å². The van der Waals surface area contributed by atoms with Crippen molar-refractivity contribution in [2.24, 2.45) is 0 Å². The van der Waals surface area contributed by atoms with Gasteiger partial charge in [-0.1, -0.05) is 18.2 Å². The van der Waals surface area contributed by atoms with Crippen molar-refractivity contribution in [2.45, 2.75) is 37.8 Å². The van der Waals surface area contributed by atoms with Crippen molar-refractivity contribution in [2.75, 3.05) is 6.54 Å². The molecule has 0 bridgehead atoms. The van der Waals surface area contributed by atoms with Crippen molar-refractivity contribution in [1.29, 1.82) is 0 Å². The largest absolute Gasteiger partial charge is 0.293 e. The summed E-state index contributed by atoms with van der Waals surface area (Å²) in [7, 11) is 0. The number of rotatable bonds is 2. The SMILES string of the molecule is C=CC[C@H]1CC=C[C@@H]2CCCN12. The molecule has 2 aliphatic rings. The first-order valence-corrected chi connectivity index (χ1v) is 4.95. The van der Waals surface area contributed by atoms with Crippen LogP contribution < -0.4 is 0 Å². The monoisotopic (exact) mass is 163 g/mol. The van der Waals surface area contributed by atoms with Crippen LogP contribution in [0, 0.1) is 0 Å². The highest BCUT2D eigenvalue weighted by Crippen LogP contribution is 2.28. The third kappa shape index (κ3) is 1.34. The second-order valence-electron chi connectivity index (χ2n) is 3.79. The molecule has 0 aromatic heterocycles. The van der Waals surface area contributed by atoms with E-state index in [9.17, 15) is 0 Å². The van der Waals surface area contributed by atoms with E-state index in [1.165, 1.54) is 25.8 Å². The van der Waals surface area contributed by atoms with Gasteiger partial charge in [0, 0.05) is 12.1 Å². The highest BCUT2D eigenvalue weighted by atomic mass is 15.2. The Balaban J connectivity index is 2.06. The fourth-order valence-electron chi connectivity index (χ4n) is 2.43. The lowest BCUT2D eigenvalue weighted by Gasteiger charge is -2.33. The maximum absolute atomic E-state index is 3.82. The Morgan fingerprint density at radius 3 is 3.33 bits per heavy atom. The first-order chi connectivity index (χ1) is 5.92. The van der Waals surface area contributed by atoms with E-state index < -0.39 is 0 Å². The molecular formula is C11H17N. The molecule has 0 aliphatic carbocycles. The summed E-state index contributed by atoms with van der Waals surface area (Å²) in [6.07, 6.45) is 11.9. The van der Waals surface area contributed by atoms with E-state index in [1.54, 1.807) is 0 Å². The second kappa shape index (κ2) is 3.44. The Morgan fingerprint density at radius 1 is 1.58 bits per heavy atom. The van der Waals surface area contributed by atoms with E-state index in [1.807, 2.05) is 0 Å². The van der Waals surface area contributed by atoms with Gasteiger partial charge in [-0.3, -0.25) is 4.90 Å². The van der Waals surface area contributed by atoms with Gasteiger partial charge in [0.25, 0.3) is 0 Å². The molecule has 0 spiro atoms. The van der Waals surface area contributed by atoms with Crippen LogP contribution in [0.2, 0.25) is 0 Å².